The molecule has 2 rings (SSSR count). The van der Waals surface area contributed by atoms with E-state index in [1.54, 1.807) is 0 Å². The topological polar surface area (TPSA) is 100 Å². The van der Waals surface area contributed by atoms with Crippen molar-refractivity contribution < 1.29 is 33.0 Å². The molecule has 38 heavy (non-hydrogen) atoms. The quantitative estimate of drug-likeness (QED) is 0.193. The number of carbonyl (C=O) groups excluding carboxylic acids is 3. The zero-order valence-electron chi connectivity index (χ0n) is 23.3. The smallest absolute Gasteiger partial charge is 0.407 e. The van der Waals surface area contributed by atoms with E-state index in [1.165, 1.54) is 7.11 Å². The van der Waals surface area contributed by atoms with E-state index >= 15 is 0 Å². The van der Waals surface area contributed by atoms with Gasteiger partial charge < -0.3 is 24.0 Å². The van der Waals surface area contributed by atoms with Gasteiger partial charge in [0.15, 0.2) is 8.32 Å². The van der Waals surface area contributed by atoms with Crippen LogP contribution in [0.15, 0.2) is 60.7 Å². The second kappa shape index (κ2) is 14.8. The average Bonchev–Trinajstić information content (AvgIpc) is 2.86. The lowest BCUT2D eigenvalue weighted by atomic mass is 10.0. The van der Waals surface area contributed by atoms with Crippen LogP contribution in [-0.4, -0.2) is 52.0 Å². The van der Waals surface area contributed by atoms with Gasteiger partial charge in [-0.25, -0.2) is 4.79 Å². The molecule has 2 aromatic carbocycles. The van der Waals surface area contributed by atoms with E-state index in [1.807, 2.05) is 60.7 Å². The lowest BCUT2D eigenvalue weighted by molar-refractivity contribution is -0.143. The summed E-state index contributed by atoms with van der Waals surface area (Å²) in [6.07, 6.45) is -1.83. The zero-order valence-corrected chi connectivity index (χ0v) is 24.3. The van der Waals surface area contributed by atoms with Gasteiger partial charge in [0.05, 0.1) is 32.5 Å². The van der Waals surface area contributed by atoms with Gasteiger partial charge in [-0.15, -0.1) is 0 Å². The average molecular weight is 544 g/mol. The number of nitrogens with one attached hydrogen (secondary N) is 1. The highest BCUT2D eigenvalue weighted by Crippen LogP contribution is 2.38. The Bertz CT molecular complexity index is 1020. The molecular weight excluding hydrogens is 502 g/mol. The van der Waals surface area contributed by atoms with Gasteiger partial charge in [0.2, 0.25) is 0 Å². The number of amides is 1. The Morgan fingerprint density at radius 3 is 1.97 bits per heavy atom. The van der Waals surface area contributed by atoms with Gasteiger partial charge in [0, 0.05) is 6.42 Å². The predicted molar refractivity (Wildman–Crippen MR) is 148 cm³/mol. The Kier molecular flexibility index (Phi) is 12.2. The van der Waals surface area contributed by atoms with Gasteiger partial charge >= 0.3 is 12.1 Å². The van der Waals surface area contributed by atoms with E-state index < -0.39 is 32.5 Å². The number of benzene rings is 2. The van der Waals surface area contributed by atoms with E-state index in [9.17, 15) is 14.4 Å². The minimum atomic E-state index is -2.39. The molecule has 2 aromatic rings. The molecule has 0 heterocycles. The molecule has 0 saturated heterocycles. The van der Waals surface area contributed by atoms with Crippen LogP contribution < -0.4 is 5.32 Å². The maximum absolute atomic E-state index is 12.8. The summed E-state index contributed by atoms with van der Waals surface area (Å²) in [6.45, 7) is 10.9. The Hall–Kier alpha value is -3.01. The first-order valence-electron chi connectivity index (χ1n) is 12.8. The van der Waals surface area contributed by atoms with Crippen LogP contribution in [0.2, 0.25) is 18.1 Å². The highest BCUT2D eigenvalue weighted by atomic mass is 28.4. The Morgan fingerprint density at radius 2 is 1.45 bits per heavy atom. The molecular formula is C29H41NO7Si. The summed E-state index contributed by atoms with van der Waals surface area (Å²) in [5.74, 6) is -0.957. The number of methoxy groups -OCH3 is 1. The van der Waals surface area contributed by atoms with Crippen LogP contribution >= 0.6 is 0 Å². The number of esters is 1. The summed E-state index contributed by atoms with van der Waals surface area (Å²) >= 11 is 0. The minimum Gasteiger partial charge on any atom is -0.469 e. The first kappa shape index (κ1) is 31.2. The number of hydrogen-bond donors (Lipinski definition) is 1. The largest absolute Gasteiger partial charge is 0.469 e. The molecule has 0 aliphatic rings. The first-order chi connectivity index (χ1) is 17.9. The third-order valence-electron chi connectivity index (χ3n) is 6.62. The highest BCUT2D eigenvalue weighted by molar-refractivity contribution is 6.74. The Labute approximate surface area is 227 Å². The first-order valence-corrected chi connectivity index (χ1v) is 15.7. The fourth-order valence-corrected chi connectivity index (χ4v) is 4.75. The maximum Gasteiger partial charge on any atom is 0.407 e. The maximum atomic E-state index is 12.8. The molecule has 1 amide bonds. The summed E-state index contributed by atoms with van der Waals surface area (Å²) in [7, 11) is -1.15. The minimum absolute atomic E-state index is 0.0834. The van der Waals surface area contributed by atoms with Crippen molar-refractivity contribution in [3.63, 3.8) is 0 Å². The molecule has 0 aromatic heterocycles. The summed E-state index contributed by atoms with van der Waals surface area (Å²) in [4.78, 5) is 37.4. The lowest BCUT2D eigenvalue weighted by Crippen LogP contribution is -2.54. The highest BCUT2D eigenvalue weighted by Gasteiger charge is 2.42. The summed E-state index contributed by atoms with van der Waals surface area (Å²) in [5.41, 5.74) is 1.82. The molecule has 0 aliphatic heterocycles. The second-order valence-electron chi connectivity index (χ2n) is 10.7. The molecule has 0 unspecified atom stereocenters. The van der Waals surface area contributed by atoms with E-state index in [4.69, 9.17) is 13.9 Å². The molecule has 8 nitrogen and oxygen atoms in total. The van der Waals surface area contributed by atoms with Crippen molar-refractivity contribution in [2.24, 2.45) is 0 Å². The molecule has 0 aliphatic carbocycles. The third kappa shape index (κ3) is 10.8. The number of hydrogen-bond acceptors (Lipinski definition) is 7. The van der Waals surface area contributed by atoms with Crippen LogP contribution in [-0.2, 0) is 41.4 Å². The van der Waals surface area contributed by atoms with Crippen molar-refractivity contribution in [2.45, 2.75) is 77.1 Å². The molecule has 208 valence electrons. The molecule has 0 spiro atoms. The third-order valence-corrected chi connectivity index (χ3v) is 11.1. The SMILES string of the molecule is COC(=O)CC(=O)C[C@@H](O[Si](C)(C)C(C)(C)C)[C@H](COCc1ccccc1)NC(=O)OCc1ccccc1. The van der Waals surface area contributed by atoms with E-state index in [-0.39, 0.29) is 36.9 Å². The van der Waals surface area contributed by atoms with Gasteiger partial charge in [-0.2, -0.15) is 0 Å². The fraction of sp³-hybridized carbons (Fsp3) is 0.483. The number of Topliss-reactive ketones (excluding diaryl/α,β-unsaturated/α-hetero) is 1. The fourth-order valence-electron chi connectivity index (χ4n) is 3.39. The number of ketones is 1. The van der Waals surface area contributed by atoms with Crippen LogP contribution in [0.5, 0.6) is 0 Å². The zero-order chi connectivity index (χ0) is 28.2. The summed E-state index contributed by atoms with van der Waals surface area (Å²) in [6, 6.07) is 18.3. The van der Waals surface area contributed by atoms with Gasteiger partial charge in [-0.1, -0.05) is 81.4 Å². The molecule has 9 heteroatoms. The van der Waals surface area contributed by atoms with Crippen molar-refractivity contribution in [3.8, 4) is 0 Å². The number of carbonyl (C=O) groups is 3. The molecule has 0 saturated carbocycles. The van der Waals surface area contributed by atoms with E-state index in [0.717, 1.165) is 11.1 Å². The Balaban J connectivity index is 2.23. The van der Waals surface area contributed by atoms with Crippen LogP contribution in [0.3, 0.4) is 0 Å². The van der Waals surface area contributed by atoms with Crippen LogP contribution in [0, 0.1) is 0 Å². The standard InChI is InChI=1S/C29H41NO7Si/c1-29(2,3)38(5,6)37-26(17-24(31)18-27(32)34-4)25(21-35-19-22-13-9-7-10-14-22)30-28(33)36-20-23-15-11-8-12-16-23/h7-16,25-26H,17-21H2,1-6H3,(H,30,33)/t25-,26+/m0/s1. The van der Waals surface area contributed by atoms with Crippen LogP contribution in [0.1, 0.15) is 44.7 Å². The molecule has 0 radical (unpaired) electrons. The monoisotopic (exact) mass is 543 g/mol. The Morgan fingerprint density at radius 1 is 0.895 bits per heavy atom. The second-order valence-corrected chi connectivity index (χ2v) is 15.5. The van der Waals surface area contributed by atoms with Crippen LogP contribution in [0.25, 0.3) is 0 Å². The molecule has 0 bridgehead atoms. The number of rotatable bonds is 14. The van der Waals surface area contributed by atoms with Crippen molar-refractivity contribution in [2.75, 3.05) is 13.7 Å². The van der Waals surface area contributed by atoms with Crippen molar-refractivity contribution in [1.82, 2.24) is 5.32 Å². The molecule has 0 fully saturated rings. The normalized spacial score (nSPS) is 13.3. The van der Waals surface area contributed by atoms with Crippen molar-refractivity contribution in [1.29, 1.82) is 0 Å². The van der Waals surface area contributed by atoms with Crippen molar-refractivity contribution in [3.05, 3.63) is 71.8 Å². The number of ether oxygens (including phenoxy) is 3. The van der Waals surface area contributed by atoms with Crippen molar-refractivity contribution >= 4 is 26.2 Å². The predicted octanol–water partition coefficient (Wildman–Crippen LogP) is 5.41. The molecule has 1 N–H and O–H groups in total. The van der Waals surface area contributed by atoms with Gasteiger partial charge in [0.1, 0.15) is 18.8 Å². The molecule has 2 atom stereocenters. The van der Waals surface area contributed by atoms with Gasteiger partial charge in [0.25, 0.3) is 0 Å². The van der Waals surface area contributed by atoms with E-state index in [2.05, 4.69) is 43.9 Å². The van der Waals surface area contributed by atoms with Gasteiger partial charge in [-0.05, 0) is 29.3 Å². The lowest BCUT2D eigenvalue weighted by Gasteiger charge is -2.41. The summed E-state index contributed by atoms with van der Waals surface area (Å²) in [5, 5.41) is 2.71. The van der Waals surface area contributed by atoms with E-state index in [0.29, 0.717) is 6.61 Å². The number of alkyl carbamates (subject to hydrolysis) is 1. The van der Waals surface area contributed by atoms with Gasteiger partial charge in [-0.3, -0.25) is 9.59 Å². The summed E-state index contributed by atoms with van der Waals surface area (Å²) < 4.78 is 22.7. The van der Waals surface area contributed by atoms with Crippen LogP contribution in [0.4, 0.5) is 4.79 Å².